The van der Waals surface area contributed by atoms with Crippen LogP contribution in [0.3, 0.4) is 0 Å². The lowest BCUT2D eigenvalue weighted by Gasteiger charge is -2.20. The summed E-state index contributed by atoms with van der Waals surface area (Å²) in [6.45, 7) is 1.69. The van der Waals surface area contributed by atoms with Crippen LogP contribution in [0.15, 0.2) is 24.3 Å². The number of nitrogens with zero attached hydrogens (tertiary/aromatic N) is 1. The molecule has 1 amide bonds. The van der Waals surface area contributed by atoms with Gasteiger partial charge in [0.25, 0.3) is 5.91 Å². The molecular formula is C11H15N3O. The Bertz CT molecular complexity index is 378. The molecule has 4 N–H and O–H groups in total. The number of carbonyl (C=O) groups is 1. The zero-order valence-corrected chi connectivity index (χ0v) is 8.52. The van der Waals surface area contributed by atoms with Gasteiger partial charge in [-0.1, -0.05) is 12.1 Å². The van der Waals surface area contributed by atoms with E-state index in [0.717, 1.165) is 25.2 Å². The number of para-hydroxylation sites is 1. The van der Waals surface area contributed by atoms with Crippen LogP contribution < -0.4 is 16.4 Å². The topological polar surface area (TPSA) is 72.4 Å². The Balaban J connectivity index is 2.31. The molecule has 0 bridgehead atoms. The van der Waals surface area contributed by atoms with Crippen LogP contribution in [0.4, 0.5) is 5.69 Å². The maximum absolute atomic E-state index is 11.2. The lowest BCUT2D eigenvalue weighted by Crippen LogP contribution is -2.28. The minimum atomic E-state index is -0.383. The third kappa shape index (κ3) is 1.94. The predicted molar refractivity (Wildman–Crippen MR) is 59.8 cm³/mol. The molecule has 15 heavy (non-hydrogen) atoms. The molecule has 0 saturated carbocycles. The zero-order valence-electron chi connectivity index (χ0n) is 8.52. The first-order valence-electron chi connectivity index (χ1n) is 5.08. The number of carbonyl (C=O) groups excluding carboxylic acids is 1. The van der Waals surface area contributed by atoms with Crippen molar-refractivity contribution < 1.29 is 4.79 Å². The molecule has 4 heteroatoms. The maximum Gasteiger partial charge on any atom is 0.250 e. The zero-order chi connectivity index (χ0) is 10.8. The standard InChI is InChI=1S/C11H15N3O/c12-8-5-6-14(7-8)10-4-2-1-3-9(10)11(13)15/h1-4,8H,5-7,12H2,(H2,13,15)/t8-/m1/s1. The second-order valence-electron chi connectivity index (χ2n) is 3.88. The average molecular weight is 205 g/mol. The van der Waals surface area contributed by atoms with Crippen molar-refractivity contribution in [3.8, 4) is 0 Å². The number of amides is 1. The first-order valence-corrected chi connectivity index (χ1v) is 5.08. The predicted octanol–water partition coefficient (Wildman–Crippen LogP) is 0.323. The molecule has 1 heterocycles. The minimum absolute atomic E-state index is 0.200. The highest BCUT2D eigenvalue weighted by molar-refractivity contribution is 5.98. The normalized spacial score (nSPS) is 20.6. The van der Waals surface area contributed by atoms with Crippen LogP contribution in [-0.2, 0) is 0 Å². The Labute approximate surface area is 88.9 Å². The second-order valence-corrected chi connectivity index (χ2v) is 3.88. The molecule has 1 fully saturated rings. The second kappa shape index (κ2) is 3.90. The molecular weight excluding hydrogens is 190 g/mol. The van der Waals surface area contributed by atoms with Gasteiger partial charge in [0.15, 0.2) is 0 Å². The third-order valence-corrected chi connectivity index (χ3v) is 2.73. The quantitative estimate of drug-likeness (QED) is 0.730. The fraction of sp³-hybridized carbons (Fsp3) is 0.364. The van der Waals surface area contributed by atoms with Gasteiger partial charge in [-0.25, -0.2) is 0 Å². The smallest absolute Gasteiger partial charge is 0.250 e. The van der Waals surface area contributed by atoms with Crippen molar-refractivity contribution >= 4 is 11.6 Å². The molecule has 1 aromatic rings. The van der Waals surface area contributed by atoms with E-state index in [1.165, 1.54) is 0 Å². The number of nitrogens with two attached hydrogens (primary N) is 2. The van der Waals surface area contributed by atoms with Gasteiger partial charge in [0, 0.05) is 24.8 Å². The molecule has 0 aromatic heterocycles. The van der Waals surface area contributed by atoms with E-state index >= 15 is 0 Å². The van der Waals surface area contributed by atoms with Crippen LogP contribution in [0, 0.1) is 0 Å². The number of hydrogen-bond donors (Lipinski definition) is 2. The van der Waals surface area contributed by atoms with Gasteiger partial charge in [-0.3, -0.25) is 4.79 Å². The lowest BCUT2D eigenvalue weighted by atomic mass is 10.1. The summed E-state index contributed by atoms with van der Waals surface area (Å²) in [5.41, 5.74) is 12.6. The summed E-state index contributed by atoms with van der Waals surface area (Å²) >= 11 is 0. The van der Waals surface area contributed by atoms with Gasteiger partial charge in [0.1, 0.15) is 0 Å². The summed E-state index contributed by atoms with van der Waals surface area (Å²) in [5.74, 6) is -0.383. The van der Waals surface area contributed by atoms with Crippen LogP contribution in [-0.4, -0.2) is 25.0 Å². The van der Waals surface area contributed by atoms with Crippen molar-refractivity contribution in [2.45, 2.75) is 12.5 Å². The molecule has 2 rings (SSSR count). The van der Waals surface area contributed by atoms with E-state index in [1.807, 2.05) is 18.2 Å². The van der Waals surface area contributed by atoms with Gasteiger partial charge in [-0.05, 0) is 18.6 Å². The van der Waals surface area contributed by atoms with Crippen molar-refractivity contribution in [1.82, 2.24) is 0 Å². The van der Waals surface area contributed by atoms with E-state index in [4.69, 9.17) is 11.5 Å². The van der Waals surface area contributed by atoms with E-state index in [2.05, 4.69) is 4.90 Å². The number of benzene rings is 1. The summed E-state index contributed by atoms with van der Waals surface area (Å²) in [6, 6.07) is 7.59. The Morgan fingerprint density at radius 2 is 2.13 bits per heavy atom. The fourth-order valence-corrected chi connectivity index (χ4v) is 1.96. The number of anilines is 1. The van der Waals surface area contributed by atoms with Crippen molar-refractivity contribution in [3.05, 3.63) is 29.8 Å². The molecule has 0 unspecified atom stereocenters. The highest BCUT2D eigenvalue weighted by Gasteiger charge is 2.22. The largest absolute Gasteiger partial charge is 0.369 e. The molecule has 0 aliphatic carbocycles. The van der Waals surface area contributed by atoms with Crippen LogP contribution in [0.25, 0.3) is 0 Å². The van der Waals surface area contributed by atoms with Crippen molar-refractivity contribution in [1.29, 1.82) is 0 Å². The first-order chi connectivity index (χ1) is 7.18. The third-order valence-electron chi connectivity index (χ3n) is 2.73. The van der Waals surface area contributed by atoms with Gasteiger partial charge in [-0.15, -0.1) is 0 Å². The molecule has 0 radical (unpaired) electrons. The van der Waals surface area contributed by atoms with Gasteiger partial charge in [0.05, 0.1) is 5.56 Å². The van der Waals surface area contributed by atoms with Crippen LogP contribution in [0.2, 0.25) is 0 Å². The molecule has 80 valence electrons. The molecule has 1 aromatic carbocycles. The van der Waals surface area contributed by atoms with Gasteiger partial charge >= 0.3 is 0 Å². The Morgan fingerprint density at radius 1 is 1.40 bits per heavy atom. The average Bonchev–Trinajstić information content (AvgIpc) is 2.65. The summed E-state index contributed by atoms with van der Waals surface area (Å²) in [4.78, 5) is 13.3. The van der Waals surface area contributed by atoms with E-state index in [1.54, 1.807) is 6.07 Å². The van der Waals surface area contributed by atoms with E-state index in [0.29, 0.717) is 5.56 Å². The highest BCUT2D eigenvalue weighted by atomic mass is 16.1. The van der Waals surface area contributed by atoms with E-state index in [9.17, 15) is 4.79 Å². The molecule has 1 aliphatic rings. The van der Waals surface area contributed by atoms with Gasteiger partial charge in [-0.2, -0.15) is 0 Å². The number of primary amides is 1. The summed E-state index contributed by atoms with van der Waals surface area (Å²) in [6.07, 6.45) is 0.965. The number of rotatable bonds is 2. The van der Waals surface area contributed by atoms with E-state index < -0.39 is 0 Å². The van der Waals surface area contributed by atoms with E-state index in [-0.39, 0.29) is 11.9 Å². The maximum atomic E-state index is 11.2. The van der Waals surface area contributed by atoms with Crippen molar-refractivity contribution in [2.24, 2.45) is 11.5 Å². The van der Waals surface area contributed by atoms with Crippen molar-refractivity contribution in [3.63, 3.8) is 0 Å². The fourth-order valence-electron chi connectivity index (χ4n) is 1.96. The summed E-state index contributed by atoms with van der Waals surface area (Å²) in [5, 5.41) is 0. The Kier molecular flexibility index (Phi) is 2.60. The molecule has 0 spiro atoms. The van der Waals surface area contributed by atoms with Crippen LogP contribution in [0.1, 0.15) is 16.8 Å². The molecule has 4 nitrogen and oxygen atoms in total. The summed E-state index contributed by atoms with van der Waals surface area (Å²) in [7, 11) is 0. The van der Waals surface area contributed by atoms with Crippen molar-refractivity contribution in [2.75, 3.05) is 18.0 Å². The van der Waals surface area contributed by atoms with Gasteiger partial charge in [0.2, 0.25) is 0 Å². The lowest BCUT2D eigenvalue weighted by molar-refractivity contribution is 0.100. The SMILES string of the molecule is NC(=O)c1ccccc1N1CC[C@@H](N)C1. The Morgan fingerprint density at radius 3 is 2.73 bits per heavy atom. The summed E-state index contributed by atoms with van der Waals surface area (Å²) < 4.78 is 0. The minimum Gasteiger partial charge on any atom is -0.369 e. The van der Waals surface area contributed by atoms with Crippen LogP contribution in [0.5, 0.6) is 0 Å². The Hall–Kier alpha value is -1.55. The van der Waals surface area contributed by atoms with Crippen LogP contribution >= 0.6 is 0 Å². The molecule has 1 saturated heterocycles. The molecule has 1 aliphatic heterocycles. The van der Waals surface area contributed by atoms with Gasteiger partial charge < -0.3 is 16.4 Å². The highest BCUT2D eigenvalue weighted by Crippen LogP contribution is 2.23. The number of hydrogen-bond acceptors (Lipinski definition) is 3. The monoisotopic (exact) mass is 205 g/mol. The first kappa shape index (κ1) is 9.98. The molecule has 1 atom stereocenters.